The van der Waals surface area contributed by atoms with E-state index in [9.17, 15) is 19.8 Å². The van der Waals surface area contributed by atoms with Gasteiger partial charge in [-0.05, 0) is 57.8 Å². The van der Waals surface area contributed by atoms with Gasteiger partial charge in [-0.1, -0.05) is 239 Å². The highest BCUT2D eigenvalue weighted by molar-refractivity contribution is 5.77. The van der Waals surface area contributed by atoms with Crippen molar-refractivity contribution in [2.75, 3.05) is 6.61 Å². The van der Waals surface area contributed by atoms with Crippen LogP contribution in [0, 0.1) is 0 Å². The number of esters is 1. The summed E-state index contributed by atoms with van der Waals surface area (Å²) >= 11 is 0. The van der Waals surface area contributed by atoms with E-state index >= 15 is 0 Å². The molecule has 0 aliphatic rings. The molecule has 0 bridgehead atoms. The van der Waals surface area contributed by atoms with E-state index in [1.165, 1.54) is 83.5 Å². The van der Waals surface area contributed by atoms with Gasteiger partial charge < -0.3 is 20.3 Å². The molecule has 0 rings (SSSR count). The van der Waals surface area contributed by atoms with Crippen molar-refractivity contribution in [2.24, 2.45) is 0 Å². The lowest BCUT2D eigenvalue weighted by atomic mass is 10.0. The molecule has 0 fully saturated rings. The minimum absolute atomic E-state index is 0.0148. The average molecular weight is 846 g/mol. The minimum atomic E-state index is -0.816. The molecule has 346 valence electrons. The number of nitrogens with one attached hydrogen (secondary N) is 1. The molecule has 0 aromatic carbocycles. The van der Waals surface area contributed by atoms with Crippen LogP contribution in [-0.4, -0.2) is 46.9 Å². The number of ether oxygens (including phenoxy) is 1. The largest absolute Gasteiger partial charge is 0.462 e. The van der Waals surface area contributed by atoms with E-state index in [-0.39, 0.29) is 24.9 Å². The van der Waals surface area contributed by atoms with Crippen LogP contribution in [0.15, 0.2) is 109 Å². The SMILES string of the molecule is CC\C=C/C=C/C=C/C=C\C=C\C=C\CCCC(CC(=O)NC(CO)C(O)CCCCCCCCCCCCCC)OC(=O)CCCCCCCCC/C=C/C=C/C=C/CC. The van der Waals surface area contributed by atoms with Crippen molar-refractivity contribution in [1.82, 2.24) is 5.32 Å². The topological polar surface area (TPSA) is 95.9 Å². The third kappa shape index (κ3) is 43.0. The van der Waals surface area contributed by atoms with Crippen LogP contribution >= 0.6 is 0 Å². The van der Waals surface area contributed by atoms with Crippen LogP contribution in [0.4, 0.5) is 0 Å². The maximum Gasteiger partial charge on any atom is 0.306 e. The summed E-state index contributed by atoms with van der Waals surface area (Å²) in [7, 11) is 0. The first-order chi connectivity index (χ1) is 30.0. The molecule has 0 aromatic heterocycles. The molecule has 1 amide bonds. The summed E-state index contributed by atoms with van der Waals surface area (Å²) < 4.78 is 5.88. The van der Waals surface area contributed by atoms with Gasteiger partial charge in [-0.15, -0.1) is 0 Å². The van der Waals surface area contributed by atoms with Crippen LogP contribution in [0.25, 0.3) is 0 Å². The van der Waals surface area contributed by atoms with Crippen LogP contribution in [0.2, 0.25) is 0 Å². The van der Waals surface area contributed by atoms with Crippen LogP contribution in [0.1, 0.15) is 201 Å². The Morgan fingerprint density at radius 2 is 0.902 bits per heavy atom. The van der Waals surface area contributed by atoms with E-state index in [4.69, 9.17) is 4.74 Å². The van der Waals surface area contributed by atoms with Crippen LogP contribution in [-0.2, 0) is 14.3 Å². The molecule has 0 radical (unpaired) electrons. The number of rotatable bonds is 42. The summed E-state index contributed by atoms with van der Waals surface area (Å²) in [6.07, 6.45) is 64.3. The molecule has 3 N–H and O–H groups in total. The van der Waals surface area contributed by atoms with Gasteiger partial charge in [0.1, 0.15) is 6.10 Å². The lowest BCUT2D eigenvalue weighted by Gasteiger charge is -2.24. The van der Waals surface area contributed by atoms with Crippen LogP contribution in [0.5, 0.6) is 0 Å². The van der Waals surface area contributed by atoms with Gasteiger partial charge >= 0.3 is 5.97 Å². The van der Waals surface area contributed by atoms with Gasteiger partial charge in [0.25, 0.3) is 0 Å². The molecule has 0 saturated heterocycles. The number of carbonyl (C=O) groups is 2. The Morgan fingerprint density at radius 3 is 1.38 bits per heavy atom. The second-order valence-corrected chi connectivity index (χ2v) is 16.3. The second-order valence-electron chi connectivity index (χ2n) is 16.3. The first-order valence-electron chi connectivity index (χ1n) is 24.7. The van der Waals surface area contributed by atoms with Crippen molar-refractivity contribution in [1.29, 1.82) is 0 Å². The van der Waals surface area contributed by atoms with Crippen molar-refractivity contribution < 1.29 is 24.5 Å². The Bertz CT molecular complexity index is 1270. The fourth-order valence-corrected chi connectivity index (χ4v) is 6.88. The number of carbonyl (C=O) groups excluding carboxylic acids is 2. The monoisotopic (exact) mass is 846 g/mol. The Balaban J connectivity index is 4.78. The van der Waals surface area contributed by atoms with Crippen molar-refractivity contribution in [2.45, 2.75) is 219 Å². The Morgan fingerprint density at radius 1 is 0.492 bits per heavy atom. The first kappa shape index (κ1) is 57.5. The fourth-order valence-electron chi connectivity index (χ4n) is 6.88. The fraction of sp³-hybridized carbons (Fsp3) is 0.636. The molecule has 6 heteroatoms. The molecule has 0 aliphatic heterocycles. The molecule has 0 heterocycles. The maximum absolute atomic E-state index is 13.2. The standard InChI is InChI=1S/C55H91NO5/c1-4-7-10-13-16-19-22-25-27-29-31-34-37-40-43-46-51(61-55(60)48-45-42-39-36-33-30-28-26-23-20-17-14-11-8-5-2)49-54(59)56-52(50-57)53(58)47-44-41-38-35-32-24-21-18-15-12-9-6-3/h7-8,10-11,13-14,16-17,19-20,22-23,25,27,29,31,34,37,51-53,57-58H,4-6,9,12,15,18,21,24,26,28,30,32-33,35-36,38-50H2,1-3H3,(H,56,59)/b10-7-,11-8+,16-13+,17-14+,22-19+,23-20+,27-25-,31-29+,37-34+. The summed E-state index contributed by atoms with van der Waals surface area (Å²) in [6.45, 7) is 6.17. The van der Waals surface area contributed by atoms with Crippen molar-refractivity contribution in [3.05, 3.63) is 109 Å². The average Bonchev–Trinajstić information content (AvgIpc) is 3.25. The first-order valence-corrected chi connectivity index (χ1v) is 24.7. The number of hydrogen-bond acceptors (Lipinski definition) is 5. The molecule has 0 saturated carbocycles. The van der Waals surface area contributed by atoms with E-state index < -0.39 is 18.2 Å². The van der Waals surface area contributed by atoms with Gasteiger partial charge in [0.15, 0.2) is 0 Å². The highest BCUT2D eigenvalue weighted by atomic mass is 16.5. The highest BCUT2D eigenvalue weighted by Crippen LogP contribution is 2.16. The number of aliphatic hydroxyl groups excluding tert-OH is 2. The van der Waals surface area contributed by atoms with Crippen molar-refractivity contribution >= 4 is 11.9 Å². The Kier molecular flexibility index (Phi) is 44.9. The van der Waals surface area contributed by atoms with E-state index in [0.717, 1.165) is 70.6 Å². The zero-order chi connectivity index (χ0) is 44.5. The summed E-state index contributed by atoms with van der Waals surface area (Å²) in [4.78, 5) is 26.1. The van der Waals surface area contributed by atoms with Gasteiger partial charge in [0, 0.05) is 6.42 Å². The number of hydrogen-bond donors (Lipinski definition) is 3. The highest BCUT2D eigenvalue weighted by Gasteiger charge is 2.24. The summed E-state index contributed by atoms with van der Waals surface area (Å²) in [5.74, 6) is -0.573. The Hall–Kier alpha value is -3.48. The third-order valence-corrected chi connectivity index (χ3v) is 10.6. The van der Waals surface area contributed by atoms with Gasteiger partial charge in [-0.2, -0.15) is 0 Å². The van der Waals surface area contributed by atoms with Gasteiger partial charge in [-0.25, -0.2) is 0 Å². The number of aliphatic hydroxyl groups is 2. The summed E-state index contributed by atoms with van der Waals surface area (Å²) in [5, 5.41) is 23.7. The van der Waals surface area contributed by atoms with E-state index in [0.29, 0.717) is 19.3 Å². The molecule has 3 atom stereocenters. The zero-order valence-electron chi connectivity index (χ0n) is 39.2. The van der Waals surface area contributed by atoms with Gasteiger partial charge in [-0.3, -0.25) is 9.59 Å². The minimum Gasteiger partial charge on any atom is -0.462 e. The second kappa shape index (κ2) is 47.6. The maximum atomic E-state index is 13.2. The van der Waals surface area contributed by atoms with E-state index in [2.05, 4.69) is 74.7 Å². The third-order valence-electron chi connectivity index (χ3n) is 10.6. The molecular weight excluding hydrogens is 755 g/mol. The van der Waals surface area contributed by atoms with Crippen molar-refractivity contribution in [3.8, 4) is 0 Å². The lowest BCUT2D eigenvalue weighted by Crippen LogP contribution is -2.46. The molecular formula is C55H91NO5. The number of unbranched alkanes of at least 4 members (excludes halogenated alkanes) is 19. The lowest BCUT2D eigenvalue weighted by molar-refractivity contribution is -0.151. The van der Waals surface area contributed by atoms with Gasteiger partial charge in [0.05, 0.1) is 25.2 Å². The predicted octanol–water partition coefficient (Wildman–Crippen LogP) is 14.7. The number of amides is 1. The smallest absolute Gasteiger partial charge is 0.306 e. The van der Waals surface area contributed by atoms with E-state index in [1.54, 1.807) is 0 Å². The Labute approximate surface area is 375 Å². The normalized spacial score (nSPS) is 14.2. The summed E-state index contributed by atoms with van der Waals surface area (Å²) in [5.41, 5.74) is 0. The van der Waals surface area contributed by atoms with Crippen molar-refractivity contribution in [3.63, 3.8) is 0 Å². The molecule has 0 spiro atoms. The summed E-state index contributed by atoms with van der Waals surface area (Å²) in [6, 6.07) is -0.734. The molecule has 6 nitrogen and oxygen atoms in total. The van der Waals surface area contributed by atoms with Gasteiger partial charge in [0.2, 0.25) is 5.91 Å². The van der Waals surface area contributed by atoms with Crippen LogP contribution in [0.3, 0.4) is 0 Å². The zero-order valence-corrected chi connectivity index (χ0v) is 39.2. The molecule has 0 aliphatic carbocycles. The van der Waals surface area contributed by atoms with E-state index in [1.807, 2.05) is 60.8 Å². The molecule has 0 aromatic rings. The quantitative estimate of drug-likeness (QED) is 0.0323. The molecule has 3 unspecified atom stereocenters. The number of allylic oxidation sites excluding steroid dienone is 18. The van der Waals surface area contributed by atoms with Crippen LogP contribution < -0.4 is 5.32 Å². The molecule has 61 heavy (non-hydrogen) atoms. The predicted molar refractivity (Wildman–Crippen MR) is 263 cm³/mol.